The Hall–Kier alpha value is -2.75. The SMILES string of the molecule is C#CCCC1(CCNC(=O)c2cc(C3CC3)nc3c2cnn3CC)N=N1. The Morgan fingerprint density at radius 3 is 2.88 bits per heavy atom. The van der Waals surface area contributed by atoms with Crippen LogP contribution >= 0.6 is 0 Å². The van der Waals surface area contributed by atoms with E-state index in [1.54, 1.807) is 6.20 Å². The molecule has 7 heteroatoms. The molecule has 1 aliphatic heterocycles. The number of carbonyl (C=O) groups is 1. The second kappa shape index (κ2) is 6.52. The lowest BCUT2D eigenvalue weighted by atomic mass is 10.0. The first-order valence-electron chi connectivity index (χ1n) is 9.18. The quantitative estimate of drug-likeness (QED) is 0.743. The average molecular weight is 350 g/mol. The summed E-state index contributed by atoms with van der Waals surface area (Å²) in [5.41, 5.74) is 2.06. The molecule has 0 unspecified atom stereocenters. The third kappa shape index (κ3) is 3.19. The molecule has 0 bridgehead atoms. The van der Waals surface area contributed by atoms with Crippen molar-refractivity contribution in [1.29, 1.82) is 0 Å². The summed E-state index contributed by atoms with van der Waals surface area (Å²) in [6.45, 7) is 3.27. The lowest BCUT2D eigenvalue weighted by molar-refractivity contribution is 0.0953. The van der Waals surface area contributed by atoms with Gasteiger partial charge in [-0.25, -0.2) is 9.67 Å². The molecule has 1 saturated carbocycles. The minimum atomic E-state index is -0.376. The molecule has 0 radical (unpaired) electrons. The van der Waals surface area contributed by atoms with Gasteiger partial charge in [0, 0.05) is 44.0 Å². The van der Waals surface area contributed by atoms with E-state index in [4.69, 9.17) is 11.4 Å². The van der Waals surface area contributed by atoms with Gasteiger partial charge in [0.25, 0.3) is 5.91 Å². The number of amides is 1. The van der Waals surface area contributed by atoms with Crippen molar-refractivity contribution in [2.75, 3.05) is 6.54 Å². The van der Waals surface area contributed by atoms with Crippen molar-refractivity contribution in [3.8, 4) is 12.3 Å². The van der Waals surface area contributed by atoms with Crippen LogP contribution in [0.25, 0.3) is 11.0 Å². The van der Waals surface area contributed by atoms with E-state index >= 15 is 0 Å². The summed E-state index contributed by atoms with van der Waals surface area (Å²) in [5, 5.41) is 16.4. The smallest absolute Gasteiger partial charge is 0.252 e. The molecule has 3 heterocycles. The molecule has 2 aromatic rings. The summed E-state index contributed by atoms with van der Waals surface area (Å²) < 4.78 is 1.84. The molecule has 0 saturated heterocycles. The van der Waals surface area contributed by atoms with Crippen LogP contribution in [0.3, 0.4) is 0 Å². The van der Waals surface area contributed by atoms with Crippen LogP contribution in [0.15, 0.2) is 22.5 Å². The lowest BCUT2D eigenvalue weighted by Crippen LogP contribution is -2.28. The van der Waals surface area contributed by atoms with E-state index in [-0.39, 0.29) is 11.6 Å². The van der Waals surface area contributed by atoms with Crippen LogP contribution in [-0.2, 0) is 6.54 Å². The van der Waals surface area contributed by atoms with Gasteiger partial charge in [0.2, 0.25) is 0 Å². The zero-order valence-electron chi connectivity index (χ0n) is 14.9. The van der Waals surface area contributed by atoms with Gasteiger partial charge in [-0.3, -0.25) is 4.79 Å². The van der Waals surface area contributed by atoms with Crippen LogP contribution in [0.5, 0.6) is 0 Å². The van der Waals surface area contributed by atoms with Crippen LogP contribution < -0.4 is 5.32 Å². The monoisotopic (exact) mass is 350 g/mol. The highest BCUT2D eigenvalue weighted by Gasteiger charge is 2.38. The Kier molecular flexibility index (Phi) is 4.19. The molecule has 7 nitrogen and oxygen atoms in total. The highest BCUT2D eigenvalue weighted by Crippen LogP contribution is 2.40. The van der Waals surface area contributed by atoms with Gasteiger partial charge < -0.3 is 5.32 Å². The van der Waals surface area contributed by atoms with E-state index in [0.717, 1.165) is 42.5 Å². The molecule has 26 heavy (non-hydrogen) atoms. The van der Waals surface area contributed by atoms with Crippen LogP contribution in [0.2, 0.25) is 0 Å². The molecule has 1 amide bonds. The lowest BCUT2D eigenvalue weighted by Gasteiger charge is -2.11. The van der Waals surface area contributed by atoms with Gasteiger partial charge in [0.15, 0.2) is 11.3 Å². The number of terminal acetylenes is 1. The predicted molar refractivity (Wildman–Crippen MR) is 97.8 cm³/mol. The minimum absolute atomic E-state index is 0.0947. The predicted octanol–water partition coefficient (Wildman–Crippen LogP) is 3.02. The second-order valence-corrected chi connectivity index (χ2v) is 6.96. The summed E-state index contributed by atoms with van der Waals surface area (Å²) in [6, 6.07) is 1.93. The number of hydrogen-bond donors (Lipinski definition) is 1. The fourth-order valence-electron chi connectivity index (χ4n) is 3.21. The number of nitrogens with zero attached hydrogens (tertiary/aromatic N) is 5. The first kappa shape index (κ1) is 16.7. The maximum absolute atomic E-state index is 12.8. The molecular formula is C19H22N6O. The molecule has 134 valence electrons. The third-order valence-electron chi connectivity index (χ3n) is 5.03. The maximum atomic E-state index is 12.8. The van der Waals surface area contributed by atoms with Crippen molar-refractivity contribution in [3.63, 3.8) is 0 Å². The summed E-state index contributed by atoms with van der Waals surface area (Å²) in [5.74, 6) is 3.00. The molecular weight excluding hydrogens is 328 g/mol. The van der Waals surface area contributed by atoms with Gasteiger partial charge in [0.1, 0.15) is 0 Å². The van der Waals surface area contributed by atoms with Crippen molar-refractivity contribution >= 4 is 16.9 Å². The van der Waals surface area contributed by atoms with Crippen LogP contribution in [0.1, 0.15) is 61.0 Å². The minimum Gasteiger partial charge on any atom is -0.352 e. The first-order chi connectivity index (χ1) is 12.7. The number of hydrogen-bond acceptors (Lipinski definition) is 5. The first-order valence-corrected chi connectivity index (χ1v) is 9.18. The standard InChI is InChI=1S/C19H22N6O/c1-3-5-8-19(23-24-19)9-10-20-18(26)14-11-16(13-6-7-13)22-17-15(14)12-21-25(17)4-2/h1,11-13H,4-10H2,2H3,(H,20,26). The van der Waals surface area contributed by atoms with Gasteiger partial charge in [-0.2, -0.15) is 15.3 Å². The van der Waals surface area contributed by atoms with Gasteiger partial charge in [-0.1, -0.05) is 0 Å². The topological polar surface area (TPSA) is 84.5 Å². The molecule has 0 spiro atoms. The van der Waals surface area contributed by atoms with E-state index in [0.29, 0.717) is 30.9 Å². The Morgan fingerprint density at radius 1 is 1.42 bits per heavy atom. The van der Waals surface area contributed by atoms with Gasteiger partial charge in [0.05, 0.1) is 17.1 Å². The van der Waals surface area contributed by atoms with Crippen molar-refractivity contribution in [1.82, 2.24) is 20.1 Å². The van der Waals surface area contributed by atoms with E-state index in [1.807, 2.05) is 17.7 Å². The van der Waals surface area contributed by atoms with E-state index < -0.39 is 0 Å². The van der Waals surface area contributed by atoms with Crippen molar-refractivity contribution in [2.24, 2.45) is 10.2 Å². The Balaban J connectivity index is 1.49. The summed E-state index contributed by atoms with van der Waals surface area (Å²) in [4.78, 5) is 17.5. The zero-order chi connectivity index (χ0) is 18.1. The van der Waals surface area contributed by atoms with Crippen molar-refractivity contribution < 1.29 is 4.79 Å². The number of rotatable bonds is 8. The highest BCUT2D eigenvalue weighted by molar-refractivity contribution is 6.05. The van der Waals surface area contributed by atoms with Gasteiger partial charge >= 0.3 is 0 Å². The number of aromatic nitrogens is 3. The third-order valence-corrected chi connectivity index (χ3v) is 5.03. The summed E-state index contributed by atoms with van der Waals surface area (Å²) >= 11 is 0. The van der Waals surface area contributed by atoms with Crippen LogP contribution in [0.4, 0.5) is 0 Å². The molecule has 2 aliphatic rings. The molecule has 4 rings (SSSR count). The molecule has 1 N–H and O–H groups in total. The maximum Gasteiger partial charge on any atom is 0.252 e. The number of aryl methyl sites for hydroxylation is 1. The molecule has 0 aromatic carbocycles. The number of nitrogens with one attached hydrogen (secondary N) is 1. The molecule has 1 fully saturated rings. The average Bonchev–Trinajstić information content (AvgIpc) is 3.58. The van der Waals surface area contributed by atoms with E-state index in [9.17, 15) is 4.79 Å². The summed E-state index contributed by atoms with van der Waals surface area (Å²) in [6.07, 6.45) is 11.4. The highest BCUT2D eigenvalue weighted by atomic mass is 16.1. The second-order valence-electron chi connectivity index (χ2n) is 6.96. The Morgan fingerprint density at radius 2 is 2.23 bits per heavy atom. The number of fused-ring (bicyclic) bond motifs is 1. The fourth-order valence-corrected chi connectivity index (χ4v) is 3.21. The fraction of sp³-hybridized carbons (Fsp3) is 0.526. The normalized spacial score (nSPS) is 17.2. The van der Waals surface area contributed by atoms with Crippen LogP contribution in [0, 0.1) is 12.3 Å². The van der Waals surface area contributed by atoms with Crippen molar-refractivity contribution in [3.05, 3.63) is 23.5 Å². The van der Waals surface area contributed by atoms with E-state index in [1.165, 1.54) is 0 Å². The zero-order valence-corrected chi connectivity index (χ0v) is 14.9. The van der Waals surface area contributed by atoms with E-state index in [2.05, 4.69) is 26.6 Å². The van der Waals surface area contributed by atoms with Crippen molar-refractivity contribution in [2.45, 2.75) is 57.2 Å². The van der Waals surface area contributed by atoms with Gasteiger partial charge in [-0.05, 0) is 25.8 Å². The molecule has 2 aromatic heterocycles. The Bertz CT molecular complexity index is 912. The summed E-state index contributed by atoms with van der Waals surface area (Å²) in [7, 11) is 0. The van der Waals surface area contributed by atoms with Gasteiger partial charge in [-0.15, -0.1) is 12.3 Å². The molecule has 1 aliphatic carbocycles. The number of pyridine rings is 1. The molecule has 0 atom stereocenters. The largest absolute Gasteiger partial charge is 0.352 e. The number of carbonyl (C=O) groups excluding carboxylic acids is 1. The van der Waals surface area contributed by atoms with Crippen LogP contribution in [-0.4, -0.2) is 32.9 Å². The Labute approximate surface area is 152 Å².